The van der Waals surface area contributed by atoms with Gasteiger partial charge in [0.15, 0.2) is 0 Å². The van der Waals surface area contributed by atoms with Crippen molar-refractivity contribution in [2.24, 2.45) is 0 Å². The SMILES string of the molecule is [Cl][V]([Cl])[CH](c1cccc2c1Cc1ccccc1-2)c1cccc2c1Cc1ccccc1-2. The van der Waals surface area contributed by atoms with E-state index in [4.69, 9.17) is 19.7 Å². The molecule has 0 aliphatic heterocycles. The van der Waals surface area contributed by atoms with E-state index in [1.165, 1.54) is 55.6 Å². The van der Waals surface area contributed by atoms with Gasteiger partial charge in [-0.3, -0.25) is 0 Å². The van der Waals surface area contributed by atoms with Gasteiger partial charge in [0.1, 0.15) is 0 Å². The van der Waals surface area contributed by atoms with Crippen LogP contribution in [-0.2, 0) is 26.1 Å². The predicted molar refractivity (Wildman–Crippen MR) is 123 cm³/mol. The summed E-state index contributed by atoms with van der Waals surface area (Å²) in [5.41, 5.74) is 13.6. The Hall–Kier alpha value is -1.96. The average molecular weight is 465 g/mol. The molecular formula is C27H19Cl2V. The van der Waals surface area contributed by atoms with Crippen molar-refractivity contribution in [2.45, 2.75) is 17.5 Å². The fraction of sp³-hybridized carbons (Fsp3) is 0.111. The van der Waals surface area contributed by atoms with Crippen LogP contribution in [0.1, 0.15) is 38.0 Å². The van der Waals surface area contributed by atoms with Crippen LogP contribution in [0.25, 0.3) is 22.3 Å². The fourth-order valence-electron chi connectivity index (χ4n) is 5.25. The quantitative estimate of drug-likeness (QED) is 0.250. The van der Waals surface area contributed by atoms with Crippen LogP contribution >= 0.6 is 19.7 Å². The van der Waals surface area contributed by atoms with Gasteiger partial charge in [-0.15, -0.1) is 0 Å². The molecule has 2 aliphatic carbocycles. The van der Waals surface area contributed by atoms with Gasteiger partial charge in [0.25, 0.3) is 0 Å². The second kappa shape index (κ2) is 7.32. The summed E-state index contributed by atoms with van der Waals surface area (Å²) in [5.74, 6) is 0. The molecule has 0 unspecified atom stereocenters. The summed E-state index contributed by atoms with van der Waals surface area (Å²) in [6.45, 7) is 0. The molecule has 0 spiro atoms. The van der Waals surface area contributed by atoms with Crippen LogP contribution in [0.3, 0.4) is 0 Å². The maximum atomic E-state index is 6.85. The zero-order chi connectivity index (χ0) is 20.2. The van der Waals surface area contributed by atoms with E-state index in [0.717, 1.165) is 12.8 Å². The first kappa shape index (κ1) is 18.8. The Morgan fingerprint density at radius 1 is 0.533 bits per heavy atom. The molecule has 3 heteroatoms. The van der Waals surface area contributed by atoms with E-state index in [1.807, 2.05) is 0 Å². The van der Waals surface area contributed by atoms with Crippen LogP contribution < -0.4 is 0 Å². The molecule has 0 aromatic heterocycles. The number of hydrogen-bond acceptors (Lipinski definition) is 0. The van der Waals surface area contributed by atoms with Crippen molar-refractivity contribution in [2.75, 3.05) is 0 Å². The van der Waals surface area contributed by atoms with Crippen molar-refractivity contribution < 1.29 is 13.2 Å². The predicted octanol–water partition coefficient (Wildman–Crippen LogP) is 7.84. The van der Waals surface area contributed by atoms with E-state index in [0.29, 0.717) is 0 Å². The first-order valence-electron chi connectivity index (χ1n) is 10.2. The van der Waals surface area contributed by atoms with Crippen LogP contribution in [0.15, 0.2) is 84.9 Å². The molecule has 0 saturated heterocycles. The van der Waals surface area contributed by atoms with Crippen molar-refractivity contribution in [1.82, 2.24) is 0 Å². The van der Waals surface area contributed by atoms with Gasteiger partial charge in [0.2, 0.25) is 0 Å². The Balaban J connectivity index is 1.53. The van der Waals surface area contributed by atoms with Crippen LogP contribution in [0, 0.1) is 0 Å². The van der Waals surface area contributed by atoms with Gasteiger partial charge in [0, 0.05) is 0 Å². The first-order chi connectivity index (χ1) is 14.7. The van der Waals surface area contributed by atoms with Crippen LogP contribution in [0.2, 0.25) is 0 Å². The second-order valence-corrected chi connectivity index (χ2v) is 13.4. The zero-order valence-electron chi connectivity index (χ0n) is 16.3. The molecule has 0 bridgehead atoms. The van der Waals surface area contributed by atoms with Crippen LogP contribution in [0.5, 0.6) is 0 Å². The molecule has 0 amide bonds. The van der Waals surface area contributed by atoms with Gasteiger partial charge < -0.3 is 0 Å². The molecule has 0 fully saturated rings. The Kier molecular flexibility index (Phi) is 4.59. The van der Waals surface area contributed by atoms with Crippen molar-refractivity contribution in [3.63, 3.8) is 0 Å². The Labute approximate surface area is 190 Å². The van der Waals surface area contributed by atoms with Gasteiger partial charge in [-0.1, -0.05) is 0 Å². The molecule has 0 atom stereocenters. The summed E-state index contributed by atoms with van der Waals surface area (Å²) < 4.78 is 0.0920. The minimum absolute atomic E-state index is 0.0920. The average Bonchev–Trinajstić information content (AvgIpc) is 3.33. The summed E-state index contributed by atoms with van der Waals surface area (Å²) in [6.07, 6.45) is 1.92. The molecule has 0 heterocycles. The van der Waals surface area contributed by atoms with Gasteiger partial charge in [0.05, 0.1) is 0 Å². The van der Waals surface area contributed by atoms with E-state index in [-0.39, 0.29) is 4.63 Å². The van der Waals surface area contributed by atoms with E-state index in [1.54, 1.807) is 0 Å². The summed E-state index contributed by atoms with van der Waals surface area (Å²) in [5, 5.41) is 0. The summed E-state index contributed by atoms with van der Waals surface area (Å²) >= 11 is -2.14. The zero-order valence-corrected chi connectivity index (χ0v) is 19.2. The van der Waals surface area contributed by atoms with E-state index >= 15 is 0 Å². The standard InChI is InChI=1S/C27H19.2ClH.V/c1-3-11-22-20(7-1)16-26-18(9-5-13-24(22)26)15-19-10-6-14-25-23-12-4-2-8-21(23)17-27(19)25;;;/h1-15H,16-17H2;2*1H;/q;;;+2/p-2. The van der Waals surface area contributed by atoms with E-state index in [2.05, 4.69) is 84.9 Å². The van der Waals surface area contributed by atoms with E-state index in [9.17, 15) is 0 Å². The molecule has 0 nitrogen and oxygen atoms in total. The fourth-order valence-corrected chi connectivity index (χ4v) is 8.40. The summed E-state index contributed by atoms with van der Waals surface area (Å²) in [6, 6.07) is 30.8. The molecule has 4 aromatic rings. The molecule has 0 saturated carbocycles. The van der Waals surface area contributed by atoms with Gasteiger partial charge in [-0.2, -0.15) is 0 Å². The third kappa shape index (κ3) is 2.82. The van der Waals surface area contributed by atoms with Crippen LogP contribution in [0.4, 0.5) is 0 Å². The molecule has 0 radical (unpaired) electrons. The molecular weight excluding hydrogens is 446 g/mol. The second-order valence-electron chi connectivity index (χ2n) is 8.08. The molecule has 146 valence electrons. The maximum absolute atomic E-state index is 6.85. The summed E-state index contributed by atoms with van der Waals surface area (Å²) in [7, 11) is 13.7. The molecule has 4 aromatic carbocycles. The monoisotopic (exact) mass is 464 g/mol. The van der Waals surface area contributed by atoms with Gasteiger partial charge in [-0.05, 0) is 0 Å². The molecule has 2 aliphatic rings. The number of halogens is 2. The number of rotatable bonds is 3. The van der Waals surface area contributed by atoms with Crippen molar-refractivity contribution >= 4 is 19.7 Å². The van der Waals surface area contributed by atoms with Gasteiger partial charge in [-0.25, -0.2) is 0 Å². The molecule has 30 heavy (non-hydrogen) atoms. The van der Waals surface area contributed by atoms with Crippen molar-refractivity contribution in [1.29, 1.82) is 0 Å². The topological polar surface area (TPSA) is 0 Å². The first-order valence-corrected chi connectivity index (χ1v) is 14.9. The van der Waals surface area contributed by atoms with Crippen molar-refractivity contribution in [3.05, 3.63) is 118 Å². The van der Waals surface area contributed by atoms with Crippen LogP contribution in [-0.4, -0.2) is 0 Å². The number of fused-ring (bicyclic) bond motifs is 6. The summed E-state index contributed by atoms with van der Waals surface area (Å²) in [4.78, 5) is 0. The minimum atomic E-state index is -2.14. The van der Waals surface area contributed by atoms with Gasteiger partial charge >= 0.3 is 191 Å². The normalized spacial score (nSPS) is 13.3. The third-order valence-electron chi connectivity index (χ3n) is 6.56. The van der Waals surface area contributed by atoms with Crippen molar-refractivity contribution in [3.8, 4) is 22.3 Å². The Morgan fingerprint density at radius 2 is 0.967 bits per heavy atom. The molecule has 0 N–H and O–H groups in total. The van der Waals surface area contributed by atoms with E-state index < -0.39 is 13.2 Å². The Bertz CT molecular complexity index is 1190. The molecule has 6 rings (SSSR count). The number of hydrogen-bond donors (Lipinski definition) is 0. The Morgan fingerprint density at radius 3 is 1.43 bits per heavy atom. The number of benzene rings is 4. The third-order valence-corrected chi connectivity index (χ3v) is 9.65.